The van der Waals surface area contributed by atoms with Crippen molar-refractivity contribution in [2.45, 2.75) is 6.04 Å². The topological polar surface area (TPSA) is 51.2 Å². The molecule has 108 valence electrons. The van der Waals surface area contributed by atoms with Gasteiger partial charge in [-0.05, 0) is 35.9 Å². The largest absolute Gasteiger partial charge is 0.457 e. The molecule has 3 aromatic rings. The Labute approximate surface area is 143 Å². The highest BCUT2D eigenvalue weighted by atomic mass is 79.9. The van der Waals surface area contributed by atoms with E-state index in [1.54, 1.807) is 6.07 Å². The SMILES string of the molecule is NNC(c1cc(Br)cc(Br)c1)c1cc2cccc(Cl)c2o1. The van der Waals surface area contributed by atoms with E-state index in [1.165, 1.54) is 0 Å². The molecule has 0 saturated carbocycles. The van der Waals surface area contributed by atoms with Gasteiger partial charge in [0, 0.05) is 14.3 Å². The van der Waals surface area contributed by atoms with Crippen molar-refractivity contribution in [3.05, 3.63) is 67.8 Å². The lowest BCUT2D eigenvalue weighted by atomic mass is 10.1. The Bertz CT molecular complexity index is 783. The predicted octanol–water partition coefficient (Wildman–Crippen LogP) is 5.16. The molecule has 3 N–H and O–H groups in total. The van der Waals surface area contributed by atoms with Gasteiger partial charge >= 0.3 is 0 Å². The minimum Gasteiger partial charge on any atom is -0.457 e. The molecule has 3 rings (SSSR count). The molecule has 0 aliphatic heterocycles. The lowest BCUT2D eigenvalue weighted by Gasteiger charge is -2.14. The molecule has 6 heteroatoms. The minimum absolute atomic E-state index is 0.262. The number of rotatable bonds is 3. The van der Waals surface area contributed by atoms with Crippen LogP contribution in [0.15, 0.2) is 55.8 Å². The standard InChI is InChI=1S/C15H11Br2ClN2O/c16-10-4-9(5-11(17)7-10)14(20-19)13-6-8-2-1-3-12(18)15(8)21-13/h1-7,14,20H,19H2. The maximum Gasteiger partial charge on any atom is 0.152 e. The van der Waals surface area contributed by atoms with Gasteiger partial charge in [-0.1, -0.05) is 55.6 Å². The zero-order valence-electron chi connectivity index (χ0n) is 10.7. The van der Waals surface area contributed by atoms with Crippen LogP contribution < -0.4 is 11.3 Å². The van der Waals surface area contributed by atoms with Crippen molar-refractivity contribution in [2.24, 2.45) is 5.84 Å². The number of nitrogens with two attached hydrogens (primary N) is 1. The number of benzene rings is 2. The summed E-state index contributed by atoms with van der Waals surface area (Å²) in [6.45, 7) is 0. The van der Waals surface area contributed by atoms with Crippen molar-refractivity contribution in [3.63, 3.8) is 0 Å². The zero-order chi connectivity index (χ0) is 15.0. The van der Waals surface area contributed by atoms with Crippen LogP contribution in [0, 0.1) is 0 Å². The van der Waals surface area contributed by atoms with Crippen LogP contribution in [0.1, 0.15) is 17.4 Å². The summed E-state index contributed by atoms with van der Waals surface area (Å²) in [6, 6.07) is 13.3. The van der Waals surface area contributed by atoms with E-state index in [2.05, 4.69) is 37.3 Å². The van der Waals surface area contributed by atoms with Gasteiger partial charge in [0.05, 0.1) is 5.02 Å². The Morgan fingerprint density at radius 3 is 2.43 bits per heavy atom. The number of furan rings is 1. The van der Waals surface area contributed by atoms with Crippen molar-refractivity contribution >= 4 is 54.4 Å². The first-order valence-electron chi connectivity index (χ1n) is 6.18. The van der Waals surface area contributed by atoms with Crippen LogP contribution in [0.3, 0.4) is 0 Å². The Kier molecular flexibility index (Phi) is 4.38. The summed E-state index contributed by atoms with van der Waals surface area (Å²) in [5, 5.41) is 1.54. The summed E-state index contributed by atoms with van der Waals surface area (Å²) in [7, 11) is 0. The zero-order valence-corrected chi connectivity index (χ0v) is 14.7. The summed E-state index contributed by atoms with van der Waals surface area (Å²) in [4.78, 5) is 0. The van der Waals surface area contributed by atoms with E-state index in [4.69, 9.17) is 21.9 Å². The Morgan fingerprint density at radius 2 is 1.81 bits per heavy atom. The third kappa shape index (κ3) is 3.03. The molecule has 3 nitrogen and oxygen atoms in total. The molecule has 0 saturated heterocycles. The average molecular weight is 431 g/mol. The quantitative estimate of drug-likeness (QED) is 0.446. The van der Waals surface area contributed by atoms with Gasteiger partial charge in [0.15, 0.2) is 5.58 Å². The van der Waals surface area contributed by atoms with Crippen LogP contribution in [0.5, 0.6) is 0 Å². The summed E-state index contributed by atoms with van der Waals surface area (Å²) in [5.41, 5.74) is 4.44. The van der Waals surface area contributed by atoms with Crippen LogP contribution in [0.25, 0.3) is 11.0 Å². The van der Waals surface area contributed by atoms with E-state index in [1.807, 2.05) is 36.4 Å². The highest BCUT2D eigenvalue weighted by molar-refractivity contribution is 9.11. The van der Waals surface area contributed by atoms with E-state index in [-0.39, 0.29) is 6.04 Å². The highest BCUT2D eigenvalue weighted by Crippen LogP contribution is 2.33. The van der Waals surface area contributed by atoms with Crippen molar-refractivity contribution in [1.82, 2.24) is 5.43 Å². The second-order valence-corrected chi connectivity index (χ2v) is 6.85. The Balaban J connectivity index is 2.11. The molecule has 0 bridgehead atoms. The predicted molar refractivity (Wildman–Crippen MR) is 92.2 cm³/mol. The van der Waals surface area contributed by atoms with Crippen molar-refractivity contribution < 1.29 is 4.42 Å². The third-order valence-corrected chi connectivity index (χ3v) is 4.40. The summed E-state index contributed by atoms with van der Waals surface area (Å²) < 4.78 is 7.80. The fourth-order valence-corrected chi connectivity index (χ4v) is 3.82. The van der Waals surface area contributed by atoms with Gasteiger partial charge in [-0.3, -0.25) is 5.84 Å². The van der Waals surface area contributed by atoms with E-state index >= 15 is 0 Å². The maximum absolute atomic E-state index is 6.15. The number of hydrogen-bond donors (Lipinski definition) is 2. The van der Waals surface area contributed by atoms with Crippen LogP contribution in [-0.4, -0.2) is 0 Å². The van der Waals surface area contributed by atoms with Crippen LogP contribution in [0.2, 0.25) is 5.02 Å². The first-order chi connectivity index (χ1) is 10.1. The molecule has 0 amide bonds. The number of nitrogens with one attached hydrogen (secondary N) is 1. The Morgan fingerprint density at radius 1 is 1.10 bits per heavy atom. The molecule has 0 spiro atoms. The lowest BCUT2D eigenvalue weighted by Crippen LogP contribution is -2.28. The van der Waals surface area contributed by atoms with Crippen molar-refractivity contribution in [2.75, 3.05) is 0 Å². The van der Waals surface area contributed by atoms with Gasteiger partial charge in [-0.15, -0.1) is 0 Å². The molecule has 1 aromatic heterocycles. The molecule has 21 heavy (non-hydrogen) atoms. The smallest absolute Gasteiger partial charge is 0.152 e. The fourth-order valence-electron chi connectivity index (χ4n) is 2.27. The molecule has 2 aromatic carbocycles. The molecular weight excluding hydrogens is 419 g/mol. The second kappa shape index (κ2) is 6.10. The van der Waals surface area contributed by atoms with Crippen LogP contribution >= 0.6 is 43.5 Å². The third-order valence-electron chi connectivity index (χ3n) is 3.18. The van der Waals surface area contributed by atoms with Gasteiger partial charge < -0.3 is 4.42 Å². The van der Waals surface area contributed by atoms with Crippen LogP contribution in [0.4, 0.5) is 0 Å². The van der Waals surface area contributed by atoms with Gasteiger partial charge in [0.1, 0.15) is 11.8 Å². The van der Waals surface area contributed by atoms with Crippen LogP contribution in [-0.2, 0) is 0 Å². The number of fused-ring (bicyclic) bond motifs is 1. The molecule has 0 aliphatic carbocycles. The minimum atomic E-state index is -0.262. The van der Waals surface area contributed by atoms with Gasteiger partial charge in [-0.25, -0.2) is 5.43 Å². The maximum atomic E-state index is 6.15. The average Bonchev–Trinajstić information content (AvgIpc) is 2.83. The normalized spacial score (nSPS) is 12.8. The second-order valence-electron chi connectivity index (χ2n) is 4.61. The number of para-hydroxylation sites is 1. The molecule has 1 atom stereocenters. The molecule has 0 radical (unpaired) electrons. The number of halogens is 3. The van der Waals surface area contributed by atoms with Crippen molar-refractivity contribution in [3.8, 4) is 0 Å². The first kappa shape index (κ1) is 15.1. The molecule has 0 fully saturated rings. The van der Waals surface area contributed by atoms with E-state index in [0.717, 1.165) is 19.9 Å². The first-order valence-corrected chi connectivity index (χ1v) is 8.15. The number of hydrazine groups is 1. The molecule has 1 heterocycles. The van der Waals surface area contributed by atoms with Gasteiger partial charge in [-0.2, -0.15) is 0 Å². The molecule has 0 aliphatic rings. The fraction of sp³-hybridized carbons (Fsp3) is 0.0667. The molecule has 1 unspecified atom stereocenters. The Hall–Kier alpha value is -0.850. The van der Waals surface area contributed by atoms with E-state index < -0.39 is 0 Å². The van der Waals surface area contributed by atoms with Gasteiger partial charge in [0.25, 0.3) is 0 Å². The summed E-state index contributed by atoms with van der Waals surface area (Å²) >= 11 is 13.1. The summed E-state index contributed by atoms with van der Waals surface area (Å²) in [5.74, 6) is 6.44. The number of hydrogen-bond acceptors (Lipinski definition) is 3. The lowest BCUT2D eigenvalue weighted by molar-refractivity contribution is 0.477. The summed E-state index contributed by atoms with van der Waals surface area (Å²) in [6.07, 6.45) is 0. The van der Waals surface area contributed by atoms with Crippen molar-refractivity contribution in [1.29, 1.82) is 0 Å². The van der Waals surface area contributed by atoms with E-state index in [9.17, 15) is 0 Å². The van der Waals surface area contributed by atoms with Gasteiger partial charge in [0.2, 0.25) is 0 Å². The molecular formula is C15H11Br2ClN2O. The van der Waals surface area contributed by atoms with E-state index in [0.29, 0.717) is 16.4 Å². The highest BCUT2D eigenvalue weighted by Gasteiger charge is 2.19. The monoisotopic (exact) mass is 428 g/mol.